The van der Waals surface area contributed by atoms with Gasteiger partial charge < -0.3 is 5.73 Å². The van der Waals surface area contributed by atoms with Crippen molar-refractivity contribution in [1.82, 2.24) is 5.23 Å². The van der Waals surface area contributed by atoms with E-state index in [0.29, 0.717) is 22.8 Å². The van der Waals surface area contributed by atoms with Gasteiger partial charge >= 0.3 is 0 Å². The lowest BCUT2D eigenvalue weighted by atomic mass is 10.1. The third-order valence-corrected chi connectivity index (χ3v) is 3.87. The van der Waals surface area contributed by atoms with Crippen LogP contribution in [0.5, 0.6) is 0 Å². The number of anilines is 2. The minimum atomic E-state index is -0.267. The third kappa shape index (κ3) is 2.62. The van der Waals surface area contributed by atoms with E-state index >= 15 is 0 Å². The lowest BCUT2D eigenvalue weighted by molar-refractivity contribution is -0.240. The van der Waals surface area contributed by atoms with Crippen LogP contribution in [0.1, 0.15) is 5.56 Å². The van der Waals surface area contributed by atoms with E-state index in [-0.39, 0.29) is 5.91 Å². The Hall–Kier alpha value is -2.81. The van der Waals surface area contributed by atoms with Crippen LogP contribution in [0.15, 0.2) is 65.3 Å². The number of amides is 1. The average molecular weight is 340 g/mol. The quantitative estimate of drug-likeness (QED) is 0.514. The van der Waals surface area contributed by atoms with E-state index in [9.17, 15) is 4.79 Å². The molecule has 0 radical (unpaired) electrons. The van der Waals surface area contributed by atoms with Crippen LogP contribution in [-0.2, 0) is 13.4 Å². The lowest BCUT2D eigenvalue weighted by Crippen LogP contribution is -2.34. The number of rotatable bonds is 2. The van der Waals surface area contributed by atoms with Gasteiger partial charge in [-0.2, -0.15) is 5.01 Å². The molecule has 2 aliphatic heterocycles. The summed E-state index contributed by atoms with van der Waals surface area (Å²) in [7, 11) is 0. The molecular formula is C16H12N4O3S. The van der Waals surface area contributed by atoms with Crippen molar-refractivity contribution in [2.75, 3.05) is 10.7 Å². The molecule has 24 heavy (non-hydrogen) atoms. The molecular weight excluding hydrogens is 328 g/mol. The monoisotopic (exact) mass is 340 g/mol. The first kappa shape index (κ1) is 14.8. The Morgan fingerprint density at radius 1 is 1.04 bits per heavy atom. The van der Waals surface area contributed by atoms with Crippen LogP contribution in [0.3, 0.4) is 0 Å². The molecule has 7 nitrogen and oxygen atoms in total. The van der Waals surface area contributed by atoms with Gasteiger partial charge in [0.1, 0.15) is 0 Å². The highest BCUT2D eigenvalue weighted by atomic mass is 32.2. The number of benzene rings is 2. The van der Waals surface area contributed by atoms with Crippen LogP contribution in [0.25, 0.3) is 6.08 Å². The van der Waals surface area contributed by atoms with Crippen LogP contribution in [-0.4, -0.2) is 17.0 Å². The molecule has 1 fully saturated rings. The summed E-state index contributed by atoms with van der Waals surface area (Å²) in [6.45, 7) is 0. The molecule has 0 saturated carbocycles. The van der Waals surface area contributed by atoms with Crippen LogP contribution in [0.4, 0.5) is 11.4 Å². The number of hydrazone groups is 1. The molecule has 1 saturated heterocycles. The molecule has 2 aromatic rings. The van der Waals surface area contributed by atoms with Gasteiger partial charge in [0.25, 0.3) is 5.91 Å². The Bertz CT molecular complexity index is 832. The van der Waals surface area contributed by atoms with Gasteiger partial charge in [-0.3, -0.25) is 4.79 Å². The molecule has 0 spiro atoms. The largest absolute Gasteiger partial charge is 0.399 e. The molecule has 0 unspecified atom stereocenters. The SMILES string of the molecule is Nc1ccc(/C=C2\C(=O)N(c3ccccc3)N=C2N2OSO2)cc1. The summed E-state index contributed by atoms with van der Waals surface area (Å²) in [5, 5.41) is 6.75. The van der Waals surface area contributed by atoms with E-state index in [1.165, 1.54) is 5.01 Å². The molecule has 2 aliphatic rings. The van der Waals surface area contributed by atoms with E-state index in [2.05, 4.69) is 5.10 Å². The lowest BCUT2D eigenvalue weighted by Gasteiger charge is -2.25. The highest BCUT2D eigenvalue weighted by Gasteiger charge is 2.39. The van der Waals surface area contributed by atoms with Crippen LogP contribution in [0, 0.1) is 0 Å². The van der Waals surface area contributed by atoms with Crippen LogP contribution >= 0.6 is 12.3 Å². The van der Waals surface area contributed by atoms with Gasteiger partial charge in [-0.25, -0.2) is 0 Å². The number of carbonyl (C=O) groups excluding carboxylic acids is 1. The minimum Gasteiger partial charge on any atom is -0.399 e. The van der Waals surface area contributed by atoms with Crippen LogP contribution < -0.4 is 10.7 Å². The summed E-state index contributed by atoms with van der Waals surface area (Å²) in [4.78, 5) is 12.8. The highest BCUT2D eigenvalue weighted by molar-refractivity contribution is 7.90. The predicted octanol–water partition coefficient (Wildman–Crippen LogP) is 2.75. The second kappa shape index (κ2) is 6.00. The predicted molar refractivity (Wildman–Crippen MR) is 91.8 cm³/mol. The number of hydroxylamine groups is 2. The molecule has 2 N–H and O–H groups in total. The maximum atomic E-state index is 12.8. The van der Waals surface area contributed by atoms with Crippen molar-refractivity contribution in [2.24, 2.45) is 5.10 Å². The number of amidine groups is 1. The zero-order valence-electron chi connectivity index (χ0n) is 12.3. The Morgan fingerprint density at radius 2 is 1.75 bits per heavy atom. The second-order valence-electron chi connectivity index (χ2n) is 5.08. The van der Waals surface area contributed by atoms with E-state index in [4.69, 9.17) is 14.3 Å². The zero-order valence-corrected chi connectivity index (χ0v) is 13.1. The molecule has 0 bridgehead atoms. The fraction of sp³-hybridized carbons (Fsp3) is 0. The van der Waals surface area contributed by atoms with Gasteiger partial charge in [-0.1, -0.05) is 35.6 Å². The fourth-order valence-corrected chi connectivity index (χ4v) is 2.56. The summed E-state index contributed by atoms with van der Waals surface area (Å²) in [5.41, 5.74) is 8.20. The van der Waals surface area contributed by atoms with Crippen molar-refractivity contribution in [3.63, 3.8) is 0 Å². The van der Waals surface area contributed by atoms with Gasteiger partial charge in [0.15, 0.2) is 0 Å². The van der Waals surface area contributed by atoms with E-state index in [1.54, 1.807) is 30.3 Å². The zero-order chi connectivity index (χ0) is 16.5. The van der Waals surface area contributed by atoms with E-state index in [0.717, 1.165) is 23.1 Å². The average Bonchev–Trinajstić information content (AvgIpc) is 2.86. The Kier molecular flexibility index (Phi) is 3.69. The van der Waals surface area contributed by atoms with E-state index < -0.39 is 0 Å². The molecule has 8 heteroatoms. The number of hydrogen-bond donors (Lipinski definition) is 1. The minimum absolute atomic E-state index is 0.267. The maximum Gasteiger partial charge on any atom is 0.282 e. The topological polar surface area (TPSA) is 80.4 Å². The maximum absolute atomic E-state index is 12.8. The van der Waals surface area contributed by atoms with Gasteiger partial charge in [-0.15, -0.1) is 13.7 Å². The number of carbonyl (C=O) groups is 1. The highest BCUT2D eigenvalue weighted by Crippen LogP contribution is 2.32. The Balaban J connectivity index is 1.73. The molecule has 120 valence electrons. The first-order chi connectivity index (χ1) is 11.7. The summed E-state index contributed by atoms with van der Waals surface area (Å²) < 4.78 is 10.2. The van der Waals surface area contributed by atoms with Gasteiger partial charge in [0.05, 0.1) is 11.3 Å². The summed E-state index contributed by atoms with van der Waals surface area (Å²) in [5.74, 6) is 0.0246. The van der Waals surface area contributed by atoms with Crippen molar-refractivity contribution in [3.05, 3.63) is 65.7 Å². The Morgan fingerprint density at radius 3 is 2.38 bits per heavy atom. The van der Waals surface area contributed by atoms with Crippen molar-refractivity contribution < 1.29 is 13.4 Å². The normalized spacial score (nSPS) is 18.8. The van der Waals surface area contributed by atoms with Gasteiger partial charge in [0, 0.05) is 5.69 Å². The van der Waals surface area contributed by atoms with Crippen LogP contribution in [0.2, 0.25) is 0 Å². The summed E-state index contributed by atoms with van der Waals surface area (Å²) in [6, 6.07) is 16.3. The summed E-state index contributed by atoms with van der Waals surface area (Å²) >= 11 is 0.812. The number of para-hydroxylation sites is 1. The number of hydrogen-bond acceptors (Lipinski definition) is 7. The number of nitrogens with zero attached hydrogens (tertiary/aromatic N) is 3. The molecule has 2 heterocycles. The number of nitrogen functional groups attached to an aromatic ring is 1. The van der Waals surface area contributed by atoms with Gasteiger partial charge in [-0.05, 0) is 35.9 Å². The van der Waals surface area contributed by atoms with Crippen molar-refractivity contribution >= 4 is 41.5 Å². The van der Waals surface area contributed by atoms with Crippen molar-refractivity contribution in [2.45, 2.75) is 0 Å². The third-order valence-electron chi connectivity index (χ3n) is 3.48. The first-order valence-corrected chi connectivity index (χ1v) is 7.76. The molecule has 0 atom stereocenters. The molecule has 0 aromatic heterocycles. The second-order valence-corrected chi connectivity index (χ2v) is 5.51. The molecule has 1 amide bonds. The fourth-order valence-electron chi connectivity index (χ4n) is 2.30. The van der Waals surface area contributed by atoms with E-state index in [1.807, 2.05) is 30.3 Å². The molecule has 0 aliphatic carbocycles. The van der Waals surface area contributed by atoms with Crippen molar-refractivity contribution in [3.8, 4) is 0 Å². The Labute approximate surface area is 142 Å². The number of nitrogens with two attached hydrogens (primary N) is 1. The molecule has 4 rings (SSSR count). The first-order valence-electron chi connectivity index (χ1n) is 7.10. The van der Waals surface area contributed by atoms with Crippen molar-refractivity contribution in [1.29, 1.82) is 0 Å². The van der Waals surface area contributed by atoms with Gasteiger partial charge in [0.2, 0.25) is 18.2 Å². The molecule has 2 aromatic carbocycles. The smallest absolute Gasteiger partial charge is 0.282 e. The summed E-state index contributed by atoms with van der Waals surface area (Å²) in [6.07, 6.45) is 1.72. The standard InChI is InChI=1S/C16H12N4O3S/c17-12-8-6-11(7-9-12)10-14-15(20-22-24-23-20)18-19(16(14)21)13-4-2-1-3-5-13/h1-10H,17H2/b14-10-.